The predicted molar refractivity (Wildman–Crippen MR) is 72.3 cm³/mol. The lowest BCUT2D eigenvalue weighted by Crippen LogP contribution is -2.45. The van der Waals surface area contributed by atoms with Gasteiger partial charge in [-0.1, -0.05) is 13.8 Å². The van der Waals surface area contributed by atoms with Crippen molar-refractivity contribution in [1.82, 2.24) is 10.6 Å². The maximum atomic E-state index is 12.4. The molecule has 1 aliphatic rings. The van der Waals surface area contributed by atoms with E-state index in [-0.39, 0.29) is 29.5 Å². The van der Waals surface area contributed by atoms with Crippen LogP contribution in [0.15, 0.2) is 16.5 Å². The maximum absolute atomic E-state index is 12.4. The van der Waals surface area contributed by atoms with Gasteiger partial charge >= 0.3 is 5.97 Å². The molecule has 2 rings (SSSR count). The van der Waals surface area contributed by atoms with Crippen molar-refractivity contribution in [3.63, 3.8) is 0 Å². The van der Waals surface area contributed by atoms with E-state index >= 15 is 0 Å². The van der Waals surface area contributed by atoms with Gasteiger partial charge in [-0.2, -0.15) is 0 Å². The highest BCUT2D eigenvalue weighted by Crippen LogP contribution is 2.34. The third-order valence-electron chi connectivity index (χ3n) is 4.04. The molecule has 0 radical (unpaired) electrons. The molecule has 1 atom stereocenters. The second kappa shape index (κ2) is 5.66. The van der Waals surface area contributed by atoms with E-state index in [9.17, 15) is 9.59 Å². The predicted octanol–water partition coefficient (Wildman–Crippen LogP) is 1.23. The molecular formula is C14H20N2O4. The molecule has 6 nitrogen and oxygen atoms in total. The second-order valence-corrected chi connectivity index (χ2v) is 5.49. The van der Waals surface area contributed by atoms with Crippen molar-refractivity contribution >= 4 is 11.9 Å². The number of carbonyl (C=O) groups excluding carboxylic acids is 1. The molecule has 6 heteroatoms. The smallest absolute Gasteiger partial charge is 0.371 e. The average Bonchev–Trinajstić information content (AvgIpc) is 3.05. The number of amides is 1. The lowest BCUT2D eigenvalue weighted by Gasteiger charge is -2.30. The van der Waals surface area contributed by atoms with E-state index < -0.39 is 5.97 Å². The minimum absolute atomic E-state index is 0.00854. The number of carbonyl (C=O) groups is 2. The Hall–Kier alpha value is -1.82. The largest absolute Gasteiger partial charge is 0.475 e. The SMILES string of the molecule is CC(C)C1(C(=O)NCc2ccc(C(=O)O)o2)CCNC1. The van der Waals surface area contributed by atoms with Crippen LogP contribution in [0.2, 0.25) is 0 Å². The van der Waals surface area contributed by atoms with Crippen LogP contribution in [0.25, 0.3) is 0 Å². The lowest BCUT2D eigenvalue weighted by atomic mass is 9.75. The first-order chi connectivity index (χ1) is 9.45. The van der Waals surface area contributed by atoms with Crippen LogP contribution in [-0.4, -0.2) is 30.1 Å². The van der Waals surface area contributed by atoms with E-state index in [1.807, 2.05) is 13.8 Å². The quantitative estimate of drug-likeness (QED) is 0.754. The Kier molecular flexibility index (Phi) is 4.13. The molecule has 1 aromatic heterocycles. The molecule has 1 unspecified atom stereocenters. The maximum Gasteiger partial charge on any atom is 0.371 e. The number of carboxylic acids is 1. The number of rotatable bonds is 5. The first-order valence-electron chi connectivity index (χ1n) is 6.77. The van der Waals surface area contributed by atoms with E-state index in [0.717, 1.165) is 13.0 Å². The highest BCUT2D eigenvalue weighted by Gasteiger charge is 2.43. The number of furan rings is 1. The lowest BCUT2D eigenvalue weighted by molar-refractivity contribution is -0.132. The van der Waals surface area contributed by atoms with Gasteiger partial charge in [0.2, 0.25) is 11.7 Å². The molecule has 110 valence electrons. The van der Waals surface area contributed by atoms with Crippen LogP contribution in [0.5, 0.6) is 0 Å². The zero-order valence-corrected chi connectivity index (χ0v) is 11.7. The Morgan fingerprint density at radius 1 is 1.50 bits per heavy atom. The Morgan fingerprint density at radius 2 is 2.25 bits per heavy atom. The van der Waals surface area contributed by atoms with Crippen LogP contribution in [0.1, 0.15) is 36.6 Å². The van der Waals surface area contributed by atoms with Gasteiger partial charge < -0.3 is 20.2 Å². The Labute approximate surface area is 117 Å². The van der Waals surface area contributed by atoms with Crippen molar-refractivity contribution in [3.8, 4) is 0 Å². The summed E-state index contributed by atoms with van der Waals surface area (Å²) >= 11 is 0. The molecule has 0 spiro atoms. The molecule has 0 saturated carbocycles. The number of nitrogens with one attached hydrogen (secondary N) is 2. The van der Waals surface area contributed by atoms with Crippen LogP contribution in [-0.2, 0) is 11.3 Å². The monoisotopic (exact) mass is 280 g/mol. The van der Waals surface area contributed by atoms with Gasteiger partial charge in [0.15, 0.2) is 0 Å². The zero-order chi connectivity index (χ0) is 14.8. The van der Waals surface area contributed by atoms with Gasteiger partial charge in [-0.05, 0) is 31.0 Å². The fraction of sp³-hybridized carbons (Fsp3) is 0.571. The number of hydrogen-bond acceptors (Lipinski definition) is 4. The molecule has 2 heterocycles. The van der Waals surface area contributed by atoms with E-state index in [4.69, 9.17) is 9.52 Å². The molecule has 0 bridgehead atoms. The fourth-order valence-corrected chi connectivity index (χ4v) is 2.59. The van der Waals surface area contributed by atoms with E-state index in [1.54, 1.807) is 6.07 Å². The third kappa shape index (κ3) is 2.70. The summed E-state index contributed by atoms with van der Waals surface area (Å²) < 4.78 is 5.12. The molecule has 0 aliphatic carbocycles. The molecule has 1 fully saturated rings. The van der Waals surface area contributed by atoms with E-state index in [1.165, 1.54) is 6.07 Å². The summed E-state index contributed by atoms with van der Waals surface area (Å²) in [6.45, 7) is 5.81. The number of hydrogen-bond donors (Lipinski definition) is 3. The van der Waals surface area contributed by atoms with Crippen molar-refractivity contribution < 1.29 is 19.1 Å². The number of aromatic carboxylic acids is 1. The summed E-state index contributed by atoms with van der Waals surface area (Å²) in [6.07, 6.45) is 0.815. The second-order valence-electron chi connectivity index (χ2n) is 5.49. The standard InChI is InChI=1S/C14H20N2O4/c1-9(2)14(5-6-15-8-14)13(19)16-7-10-3-4-11(20-10)12(17)18/h3-4,9,15H,5-8H2,1-2H3,(H,16,19)(H,17,18). The van der Waals surface area contributed by atoms with E-state index in [2.05, 4.69) is 10.6 Å². The third-order valence-corrected chi connectivity index (χ3v) is 4.04. The van der Waals surface area contributed by atoms with E-state index in [0.29, 0.717) is 12.3 Å². The molecule has 3 N–H and O–H groups in total. The number of carboxylic acid groups (broad SMARTS) is 1. The van der Waals surface area contributed by atoms with Crippen LogP contribution in [0.4, 0.5) is 0 Å². The van der Waals surface area contributed by atoms with Gasteiger partial charge in [0, 0.05) is 6.54 Å². The molecule has 1 amide bonds. The molecular weight excluding hydrogens is 260 g/mol. The Bertz CT molecular complexity index is 501. The Morgan fingerprint density at radius 3 is 2.75 bits per heavy atom. The normalized spacial score (nSPS) is 22.1. The average molecular weight is 280 g/mol. The van der Waals surface area contributed by atoms with Gasteiger partial charge in [0.1, 0.15) is 5.76 Å². The first kappa shape index (κ1) is 14.6. The van der Waals surface area contributed by atoms with Gasteiger partial charge in [-0.25, -0.2) is 4.79 Å². The van der Waals surface area contributed by atoms with Crippen molar-refractivity contribution in [2.24, 2.45) is 11.3 Å². The molecule has 0 aromatic carbocycles. The fourth-order valence-electron chi connectivity index (χ4n) is 2.59. The first-order valence-corrected chi connectivity index (χ1v) is 6.77. The summed E-state index contributed by atoms with van der Waals surface area (Å²) in [7, 11) is 0. The summed E-state index contributed by atoms with van der Waals surface area (Å²) in [4.78, 5) is 23.1. The van der Waals surface area contributed by atoms with Gasteiger partial charge in [0.05, 0.1) is 12.0 Å². The molecule has 20 heavy (non-hydrogen) atoms. The van der Waals surface area contributed by atoms with Crippen molar-refractivity contribution in [2.45, 2.75) is 26.8 Å². The van der Waals surface area contributed by atoms with Gasteiger partial charge in [0.25, 0.3) is 0 Å². The minimum atomic E-state index is -1.11. The molecule has 1 aliphatic heterocycles. The zero-order valence-electron chi connectivity index (χ0n) is 11.7. The van der Waals surface area contributed by atoms with Crippen molar-refractivity contribution in [1.29, 1.82) is 0 Å². The van der Waals surface area contributed by atoms with Crippen molar-refractivity contribution in [2.75, 3.05) is 13.1 Å². The van der Waals surface area contributed by atoms with Crippen LogP contribution in [0.3, 0.4) is 0 Å². The van der Waals surface area contributed by atoms with Crippen molar-refractivity contribution in [3.05, 3.63) is 23.7 Å². The van der Waals surface area contributed by atoms with Crippen LogP contribution < -0.4 is 10.6 Å². The highest BCUT2D eigenvalue weighted by atomic mass is 16.4. The van der Waals surface area contributed by atoms with Crippen LogP contribution >= 0.6 is 0 Å². The topological polar surface area (TPSA) is 91.6 Å². The summed E-state index contributed by atoms with van der Waals surface area (Å²) in [5.41, 5.74) is -0.387. The molecule has 1 aromatic rings. The summed E-state index contributed by atoms with van der Waals surface area (Å²) in [5, 5.41) is 14.9. The minimum Gasteiger partial charge on any atom is -0.475 e. The molecule has 1 saturated heterocycles. The Balaban J connectivity index is 1.98. The van der Waals surface area contributed by atoms with Gasteiger partial charge in [-0.15, -0.1) is 0 Å². The van der Waals surface area contributed by atoms with Gasteiger partial charge in [-0.3, -0.25) is 4.79 Å². The van der Waals surface area contributed by atoms with Crippen LogP contribution in [0, 0.1) is 11.3 Å². The summed E-state index contributed by atoms with van der Waals surface area (Å²) in [5.74, 6) is -0.549. The highest BCUT2D eigenvalue weighted by molar-refractivity contribution is 5.84. The summed E-state index contributed by atoms with van der Waals surface area (Å²) in [6, 6.07) is 2.96.